The third-order valence-corrected chi connectivity index (χ3v) is 3.71. The molecule has 0 N–H and O–H groups in total. The van der Waals surface area contributed by atoms with Gasteiger partial charge in [-0.05, 0) is 19.4 Å². The first-order valence-corrected chi connectivity index (χ1v) is 8.28. The first kappa shape index (κ1) is 19.9. The number of benzene rings is 1. The molecular weight excluding hydrogens is 381 g/mol. The molecule has 0 saturated carbocycles. The van der Waals surface area contributed by atoms with E-state index in [0.29, 0.717) is 11.9 Å². The maximum absolute atomic E-state index is 12.1. The number of nitriles is 1. The van der Waals surface area contributed by atoms with Crippen LogP contribution in [0.3, 0.4) is 0 Å². The summed E-state index contributed by atoms with van der Waals surface area (Å²) >= 11 is 17.9. The molecule has 0 radical (unpaired) electrons. The summed E-state index contributed by atoms with van der Waals surface area (Å²) in [5.74, 6) is 0. The van der Waals surface area contributed by atoms with Gasteiger partial charge in [0.2, 0.25) is 0 Å². The lowest BCUT2D eigenvalue weighted by Crippen LogP contribution is -2.26. The number of oxime groups is 1. The fourth-order valence-corrected chi connectivity index (χ4v) is 2.61. The van der Waals surface area contributed by atoms with Crippen LogP contribution in [0.5, 0.6) is 0 Å². The molecule has 0 fully saturated rings. The lowest BCUT2D eigenvalue weighted by atomic mass is 9.98. The quantitative estimate of drug-likeness (QED) is 0.228. The van der Waals surface area contributed by atoms with Crippen molar-refractivity contribution in [2.45, 2.75) is 23.5 Å². The van der Waals surface area contributed by atoms with Crippen LogP contribution in [0, 0.1) is 16.7 Å². The summed E-state index contributed by atoms with van der Waals surface area (Å²) in [5, 5.41) is 12.4. The highest BCUT2D eigenvalue weighted by Gasteiger charge is 2.30. The van der Waals surface area contributed by atoms with E-state index in [2.05, 4.69) is 5.16 Å². The van der Waals surface area contributed by atoms with Crippen molar-refractivity contribution in [1.29, 1.82) is 5.26 Å². The van der Waals surface area contributed by atoms with Gasteiger partial charge in [-0.15, -0.1) is 0 Å². The third-order valence-electron chi connectivity index (χ3n) is 2.38. The van der Waals surface area contributed by atoms with Crippen molar-refractivity contribution >= 4 is 59.1 Å². The van der Waals surface area contributed by atoms with Crippen molar-refractivity contribution < 1.29 is 9.63 Å². The summed E-state index contributed by atoms with van der Waals surface area (Å²) in [6.45, 7) is 3.42. The van der Waals surface area contributed by atoms with E-state index in [1.165, 1.54) is 6.21 Å². The van der Waals surface area contributed by atoms with Gasteiger partial charge in [-0.3, -0.25) is 4.84 Å². The number of hydrogen-bond donors (Lipinski definition) is 0. The van der Waals surface area contributed by atoms with Crippen molar-refractivity contribution in [2.24, 2.45) is 10.6 Å². The summed E-state index contributed by atoms with van der Waals surface area (Å²) in [5.41, 5.74) is -0.0278. The summed E-state index contributed by atoms with van der Waals surface area (Å²) in [4.78, 5) is 16.9. The summed E-state index contributed by atoms with van der Waals surface area (Å²) in [7, 11) is 0. The number of carbonyl (C=O) groups is 1. The average molecular weight is 395 g/mol. The zero-order valence-electron chi connectivity index (χ0n) is 12.4. The SMILES string of the molecule is CC(C)(C#N)C=NOC(=O)N(Cc1ccccc1)SC(Cl)(Cl)Cl. The Morgan fingerprint density at radius 1 is 1.39 bits per heavy atom. The predicted octanol–water partition coefficient (Wildman–Crippen LogP) is 5.14. The van der Waals surface area contributed by atoms with E-state index in [1.807, 2.05) is 36.4 Å². The normalized spacial score (nSPS) is 12.0. The highest BCUT2D eigenvalue weighted by atomic mass is 35.6. The van der Waals surface area contributed by atoms with E-state index in [4.69, 9.17) is 44.9 Å². The molecule has 0 spiro atoms. The second-order valence-corrected chi connectivity index (χ2v) is 9.17. The highest BCUT2D eigenvalue weighted by Crippen LogP contribution is 2.41. The van der Waals surface area contributed by atoms with Gasteiger partial charge in [-0.2, -0.15) is 5.26 Å². The van der Waals surface area contributed by atoms with Gasteiger partial charge in [0.25, 0.3) is 3.12 Å². The molecule has 124 valence electrons. The van der Waals surface area contributed by atoms with E-state index >= 15 is 0 Å². The number of carbonyl (C=O) groups excluding carboxylic acids is 1. The van der Waals surface area contributed by atoms with Crippen molar-refractivity contribution in [3.63, 3.8) is 0 Å². The Bertz CT molecular complexity index is 598. The van der Waals surface area contributed by atoms with Crippen LogP contribution >= 0.6 is 46.8 Å². The van der Waals surface area contributed by atoms with Crippen molar-refractivity contribution in [2.75, 3.05) is 0 Å². The van der Waals surface area contributed by atoms with E-state index < -0.39 is 14.6 Å². The maximum atomic E-state index is 12.1. The van der Waals surface area contributed by atoms with Crippen LogP contribution in [0.4, 0.5) is 4.79 Å². The molecule has 0 aliphatic rings. The van der Waals surface area contributed by atoms with E-state index in [0.717, 1.165) is 9.87 Å². The Balaban J connectivity index is 2.79. The Kier molecular flexibility index (Phi) is 7.49. The molecule has 1 amide bonds. The molecule has 1 aromatic rings. The average Bonchev–Trinajstić information content (AvgIpc) is 2.46. The number of alkyl halides is 3. The standard InChI is InChI=1S/C14H14Cl3N3O2S/c1-13(2,9-18)10-19-22-12(21)20(23-14(15,16)17)8-11-6-4-3-5-7-11/h3-7,10H,8H2,1-2H3. The van der Waals surface area contributed by atoms with E-state index in [9.17, 15) is 4.79 Å². The molecule has 0 aliphatic heterocycles. The van der Waals surface area contributed by atoms with Crippen LogP contribution in [0.2, 0.25) is 0 Å². The van der Waals surface area contributed by atoms with Crippen molar-refractivity contribution in [3.05, 3.63) is 35.9 Å². The highest BCUT2D eigenvalue weighted by molar-refractivity contribution is 8.03. The molecule has 0 aliphatic carbocycles. The van der Waals surface area contributed by atoms with Gasteiger partial charge in [0, 0.05) is 11.9 Å². The Hall–Kier alpha value is -1.13. The fourth-order valence-electron chi connectivity index (χ4n) is 1.29. The smallest absolute Gasteiger partial charge is 0.298 e. The van der Waals surface area contributed by atoms with E-state index in [1.54, 1.807) is 13.8 Å². The first-order chi connectivity index (χ1) is 10.6. The zero-order valence-corrected chi connectivity index (χ0v) is 15.5. The van der Waals surface area contributed by atoms with Crippen LogP contribution in [0.15, 0.2) is 35.5 Å². The van der Waals surface area contributed by atoms with Crippen LogP contribution in [0.25, 0.3) is 0 Å². The molecule has 0 atom stereocenters. The molecular formula is C14H14Cl3N3O2S. The Morgan fingerprint density at radius 2 is 2.00 bits per heavy atom. The fraction of sp³-hybridized carbons (Fsp3) is 0.357. The number of halogens is 3. The first-order valence-electron chi connectivity index (χ1n) is 6.37. The predicted molar refractivity (Wildman–Crippen MR) is 94.2 cm³/mol. The number of rotatable bonds is 5. The minimum atomic E-state index is -1.73. The largest absolute Gasteiger partial charge is 0.446 e. The number of nitrogens with zero attached hydrogens (tertiary/aromatic N) is 3. The van der Waals surface area contributed by atoms with Crippen LogP contribution < -0.4 is 0 Å². The van der Waals surface area contributed by atoms with Gasteiger partial charge in [-0.25, -0.2) is 9.10 Å². The van der Waals surface area contributed by atoms with Gasteiger partial charge < -0.3 is 0 Å². The van der Waals surface area contributed by atoms with Crippen LogP contribution in [-0.4, -0.2) is 19.7 Å². The topological polar surface area (TPSA) is 65.7 Å². The molecule has 0 aromatic heterocycles. The van der Waals surface area contributed by atoms with Crippen molar-refractivity contribution in [3.8, 4) is 6.07 Å². The molecule has 0 heterocycles. The third kappa shape index (κ3) is 8.33. The lowest BCUT2D eigenvalue weighted by molar-refractivity contribution is 0.130. The van der Waals surface area contributed by atoms with Crippen LogP contribution in [-0.2, 0) is 11.4 Å². The van der Waals surface area contributed by atoms with Gasteiger partial charge in [0.15, 0.2) is 0 Å². The lowest BCUT2D eigenvalue weighted by Gasteiger charge is -2.22. The van der Waals surface area contributed by atoms with Gasteiger partial charge >= 0.3 is 6.09 Å². The van der Waals surface area contributed by atoms with E-state index in [-0.39, 0.29) is 6.54 Å². The molecule has 1 aromatic carbocycles. The molecule has 0 bridgehead atoms. The molecule has 5 nitrogen and oxygen atoms in total. The van der Waals surface area contributed by atoms with Crippen molar-refractivity contribution in [1.82, 2.24) is 4.31 Å². The van der Waals surface area contributed by atoms with Gasteiger partial charge in [0.05, 0.1) is 24.2 Å². The second-order valence-electron chi connectivity index (χ2n) is 4.98. The minimum Gasteiger partial charge on any atom is -0.298 e. The Labute approximate surface area is 154 Å². The summed E-state index contributed by atoms with van der Waals surface area (Å²) < 4.78 is -0.595. The Morgan fingerprint density at radius 3 is 2.52 bits per heavy atom. The summed E-state index contributed by atoms with van der Waals surface area (Å²) in [6.07, 6.45) is 0.418. The molecule has 0 saturated heterocycles. The van der Waals surface area contributed by atoms with Crippen LogP contribution in [0.1, 0.15) is 19.4 Å². The molecule has 9 heteroatoms. The molecule has 23 heavy (non-hydrogen) atoms. The maximum Gasteiger partial charge on any atom is 0.446 e. The number of hydrogen-bond acceptors (Lipinski definition) is 5. The minimum absolute atomic E-state index is 0.162. The molecule has 1 rings (SSSR count). The zero-order chi connectivity index (χ0) is 17.5. The summed E-state index contributed by atoms with van der Waals surface area (Å²) in [6, 6.07) is 11.1. The molecule has 0 unspecified atom stereocenters. The second kappa shape index (κ2) is 8.65. The number of amides is 1. The monoisotopic (exact) mass is 393 g/mol. The van der Waals surface area contributed by atoms with Gasteiger partial charge in [-0.1, -0.05) is 70.3 Å². The van der Waals surface area contributed by atoms with Gasteiger partial charge in [0.1, 0.15) is 0 Å².